The second kappa shape index (κ2) is 3.59. The first-order chi connectivity index (χ1) is 5.99. The van der Waals surface area contributed by atoms with Crippen LogP contribution in [0, 0.1) is 6.92 Å². The summed E-state index contributed by atoms with van der Waals surface area (Å²) in [5.41, 5.74) is 0.590. The molecule has 1 heterocycles. The van der Waals surface area contributed by atoms with Crippen LogP contribution in [0.5, 0.6) is 0 Å². The van der Waals surface area contributed by atoms with Gasteiger partial charge in [-0.25, -0.2) is 9.97 Å². The van der Waals surface area contributed by atoms with Crippen molar-refractivity contribution in [3.63, 3.8) is 0 Å². The molecule has 0 aliphatic rings. The third kappa shape index (κ3) is 3.27. The lowest BCUT2D eigenvalue weighted by Gasteiger charge is -2.09. The maximum atomic E-state index is 11.8. The molecule has 0 radical (unpaired) electrons. The third-order valence-corrected chi connectivity index (χ3v) is 1.35. The van der Waals surface area contributed by atoms with Gasteiger partial charge in [0, 0.05) is 11.8 Å². The van der Waals surface area contributed by atoms with Crippen molar-refractivity contribution in [1.29, 1.82) is 0 Å². The highest BCUT2D eigenvalue weighted by Gasteiger charge is 2.26. The lowest BCUT2D eigenvalue weighted by atomic mass is 10.3. The van der Waals surface area contributed by atoms with Crippen LogP contribution >= 0.6 is 0 Å². The third-order valence-electron chi connectivity index (χ3n) is 1.35. The van der Waals surface area contributed by atoms with Gasteiger partial charge in [0.2, 0.25) is 0 Å². The summed E-state index contributed by atoms with van der Waals surface area (Å²) in [6, 6.07) is 0. The quantitative estimate of drug-likeness (QED) is 0.773. The van der Waals surface area contributed by atoms with E-state index >= 15 is 0 Å². The molecule has 1 aromatic heterocycles. The maximum absolute atomic E-state index is 11.8. The SMILES string of the molecule is Cc1cncnc1NCC(F)(F)F. The van der Waals surface area contributed by atoms with Gasteiger partial charge in [-0.05, 0) is 6.92 Å². The first-order valence-corrected chi connectivity index (χ1v) is 3.56. The molecular weight excluding hydrogens is 183 g/mol. The summed E-state index contributed by atoms with van der Waals surface area (Å²) in [6.07, 6.45) is -1.57. The lowest BCUT2D eigenvalue weighted by molar-refractivity contribution is -0.115. The summed E-state index contributed by atoms with van der Waals surface area (Å²) in [5, 5.41) is 2.18. The van der Waals surface area contributed by atoms with E-state index in [1.54, 1.807) is 6.92 Å². The van der Waals surface area contributed by atoms with Crippen molar-refractivity contribution in [3.05, 3.63) is 18.1 Å². The molecule has 0 aliphatic carbocycles. The second-order valence-electron chi connectivity index (χ2n) is 2.52. The van der Waals surface area contributed by atoms with Gasteiger partial charge in [-0.3, -0.25) is 0 Å². The Morgan fingerprint density at radius 1 is 1.46 bits per heavy atom. The van der Waals surface area contributed by atoms with Gasteiger partial charge in [0.25, 0.3) is 0 Å². The van der Waals surface area contributed by atoms with Crippen LogP contribution in [0.3, 0.4) is 0 Å². The van der Waals surface area contributed by atoms with Crippen molar-refractivity contribution in [2.45, 2.75) is 13.1 Å². The monoisotopic (exact) mass is 191 g/mol. The van der Waals surface area contributed by atoms with Crippen molar-refractivity contribution in [3.8, 4) is 0 Å². The Hall–Kier alpha value is -1.33. The van der Waals surface area contributed by atoms with E-state index in [4.69, 9.17) is 0 Å². The van der Waals surface area contributed by atoms with E-state index in [-0.39, 0.29) is 5.82 Å². The van der Waals surface area contributed by atoms with E-state index < -0.39 is 12.7 Å². The number of hydrogen-bond donors (Lipinski definition) is 1. The van der Waals surface area contributed by atoms with Gasteiger partial charge in [-0.15, -0.1) is 0 Å². The largest absolute Gasteiger partial charge is 0.405 e. The van der Waals surface area contributed by atoms with Crippen LogP contribution < -0.4 is 5.32 Å². The molecule has 1 rings (SSSR count). The van der Waals surface area contributed by atoms with Gasteiger partial charge in [-0.2, -0.15) is 13.2 Å². The smallest absolute Gasteiger partial charge is 0.361 e. The molecule has 1 aromatic rings. The zero-order valence-electron chi connectivity index (χ0n) is 6.89. The molecule has 3 nitrogen and oxygen atoms in total. The number of anilines is 1. The predicted molar refractivity (Wildman–Crippen MR) is 41.3 cm³/mol. The molecule has 0 amide bonds. The van der Waals surface area contributed by atoms with Gasteiger partial charge in [0.1, 0.15) is 18.7 Å². The summed E-state index contributed by atoms with van der Waals surface area (Å²) in [5.74, 6) is 0.215. The fourth-order valence-electron chi connectivity index (χ4n) is 0.768. The van der Waals surface area contributed by atoms with Crippen LogP contribution in [0.25, 0.3) is 0 Å². The number of aromatic nitrogens is 2. The number of hydrogen-bond acceptors (Lipinski definition) is 3. The Balaban J connectivity index is 2.60. The number of nitrogens with zero attached hydrogens (tertiary/aromatic N) is 2. The number of alkyl halides is 3. The van der Waals surface area contributed by atoms with Crippen LogP contribution in [0.4, 0.5) is 19.0 Å². The minimum absolute atomic E-state index is 0.215. The molecule has 0 unspecified atom stereocenters. The maximum Gasteiger partial charge on any atom is 0.405 e. The number of rotatable bonds is 2. The average Bonchev–Trinajstić information content (AvgIpc) is 2.01. The van der Waals surface area contributed by atoms with E-state index in [2.05, 4.69) is 15.3 Å². The van der Waals surface area contributed by atoms with E-state index in [0.717, 1.165) is 0 Å². The Labute approximate surface area is 73.0 Å². The molecule has 1 N–H and O–H groups in total. The zero-order valence-corrected chi connectivity index (χ0v) is 6.89. The van der Waals surface area contributed by atoms with Gasteiger partial charge in [0.15, 0.2) is 0 Å². The van der Waals surface area contributed by atoms with E-state index in [9.17, 15) is 13.2 Å². The number of aryl methyl sites for hydroxylation is 1. The van der Waals surface area contributed by atoms with E-state index in [0.29, 0.717) is 5.56 Å². The van der Waals surface area contributed by atoms with Gasteiger partial charge < -0.3 is 5.32 Å². The summed E-state index contributed by atoms with van der Waals surface area (Å²) < 4.78 is 35.3. The van der Waals surface area contributed by atoms with Gasteiger partial charge in [0.05, 0.1) is 0 Å². The molecule has 0 aliphatic heterocycles. The summed E-state index contributed by atoms with van der Waals surface area (Å²) in [7, 11) is 0. The average molecular weight is 191 g/mol. The summed E-state index contributed by atoms with van der Waals surface area (Å²) in [6.45, 7) is 0.559. The Bertz CT molecular complexity index is 285. The van der Waals surface area contributed by atoms with E-state index in [1.807, 2.05) is 0 Å². The minimum atomic E-state index is -4.22. The highest BCUT2D eigenvalue weighted by Crippen LogP contribution is 2.16. The number of halogens is 3. The molecular formula is C7H8F3N3. The molecule has 0 saturated heterocycles. The Morgan fingerprint density at radius 2 is 2.15 bits per heavy atom. The molecule has 0 bridgehead atoms. The fourth-order valence-corrected chi connectivity index (χ4v) is 0.768. The van der Waals surface area contributed by atoms with Crippen molar-refractivity contribution in [2.24, 2.45) is 0 Å². The van der Waals surface area contributed by atoms with Crippen molar-refractivity contribution < 1.29 is 13.2 Å². The normalized spacial score (nSPS) is 11.4. The fraction of sp³-hybridized carbons (Fsp3) is 0.429. The predicted octanol–water partition coefficient (Wildman–Crippen LogP) is 1.76. The molecule has 0 saturated carbocycles. The van der Waals surface area contributed by atoms with Crippen molar-refractivity contribution >= 4 is 5.82 Å². The highest BCUT2D eigenvalue weighted by molar-refractivity contribution is 5.40. The van der Waals surface area contributed by atoms with E-state index in [1.165, 1.54) is 12.5 Å². The summed E-state index contributed by atoms with van der Waals surface area (Å²) >= 11 is 0. The van der Waals surface area contributed by atoms with Gasteiger partial charge >= 0.3 is 6.18 Å². The highest BCUT2D eigenvalue weighted by atomic mass is 19.4. The van der Waals surface area contributed by atoms with Crippen LogP contribution in [0.1, 0.15) is 5.56 Å². The first-order valence-electron chi connectivity index (χ1n) is 3.56. The van der Waals surface area contributed by atoms with Gasteiger partial charge in [-0.1, -0.05) is 0 Å². The van der Waals surface area contributed by atoms with Crippen LogP contribution in [-0.4, -0.2) is 22.7 Å². The number of nitrogens with one attached hydrogen (secondary N) is 1. The molecule has 13 heavy (non-hydrogen) atoms. The first kappa shape index (κ1) is 9.76. The van der Waals surface area contributed by atoms with Crippen molar-refractivity contribution in [1.82, 2.24) is 9.97 Å². The minimum Gasteiger partial charge on any atom is -0.361 e. The Morgan fingerprint density at radius 3 is 2.69 bits per heavy atom. The molecule has 0 aromatic carbocycles. The van der Waals surface area contributed by atoms with Crippen LogP contribution in [0.15, 0.2) is 12.5 Å². The second-order valence-corrected chi connectivity index (χ2v) is 2.52. The summed E-state index contributed by atoms with van der Waals surface area (Å²) in [4.78, 5) is 7.32. The standard InChI is InChI=1S/C7H8F3N3/c1-5-2-11-4-13-6(5)12-3-7(8,9)10/h2,4H,3H2,1H3,(H,11,12,13). The van der Waals surface area contributed by atoms with Crippen molar-refractivity contribution in [2.75, 3.05) is 11.9 Å². The molecule has 0 atom stereocenters. The molecule has 6 heteroatoms. The zero-order chi connectivity index (χ0) is 9.90. The van der Waals surface area contributed by atoms with Crippen LogP contribution in [0.2, 0.25) is 0 Å². The molecule has 0 fully saturated rings. The Kier molecular flexibility index (Phi) is 2.69. The topological polar surface area (TPSA) is 37.8 Å². The molecule has 72 valence electrons. The molecule has 0 spiro atoms. The lowest BCUT2D eigenvalue weighted by Crippen LogP contribution is -2.22. The van der Waals surface area contributed by atoms with Crippen LogP contribution in [-0.2, 0) is 0 Å².